The second-order valence-electron chi connectivity index (χ2n) is 3.23. The van der Waals surface area contributed by atoms with Crippen LogP contribution in [0.15, 0.2) is 18.2 Å². The highest BCUT2D eigenvalue weighted by Gasteiger charge is 2.15. The lowest BCUT2D eigenvalue weighted by molar-refractivity contribution is 0.147. The second kappa shape index (κ2) is 4.89. The number of phenols is 1. The van der Waals surface area contributed by atoms with E-state index in [1.165, 1.54) is 12.1 Å². The van der Waals surface area contributed by atoms with Crippen molar-refractivity contribution >= 4 is 6.08 Å². The van der Waals surface area contributed by atoms with Crippen LogP contribution in [0.5, 0.6) is 5.75 Å². The first kappa shape index (κ1) is 11.7. The summed E-state index contributed by atoms with van der Waals surface area (Å²) in [6.07, 6.45) is 0.465. The fourth-order valence-corrected chi connectivity index (χ4v) is 1.32. The standard InChI is InChI=1S/C11H13F2NO/c1-7-5-8(3-2-4-14)10(15)9(6-7)11(12)13/h2-3,5-6,11,15H,4,14H2,1H3/b3-2+. The number of benzene rings is 1. The summed E-state index contributed by atoms with van der Waals surface area (Å²) in [7, 11) is 0. The van der Waals surface area contributed by atoms with Crippen LogP contribution in [0.2, 0.25) is 0 Å². The molecule has 1 aromatic carbocycles. The zero-order chi connectivity index (χ0) is 11.4. The predicted octanol–water partition coefficient (Wildman–Crippen LogP) is 2.61. The van der Waals surface area contributed by atoms with Crippen LogP contribution in [0.3, 0.4) is 0 Å². The van der Waals surface area contributed by atoms with E-state index in [1.54, 1.807) is 19.1 Å². The topological polar surface area (TPSA) is 46.2 Å². The van der Waals surface area contributed by atoms with Gasteiger partial charge >= 0.3 is 0 Å². The number of hydrogen-bond acceptors (Lipinski definition) is 2. The van der Waals surface area contributed by atoms with E-state index in [0.29, 0.717) is 17.7 Å². The highest BCUT2D eigenvalue weighted by Crippen LogP contribution is 2.32. The molecule has 82 valence electrons. The molecule has 3 N–H and O–H groups in total. The van der Waals surface area contributed by atoms with Gasteiger partial charge in [-0.15, -0.1) is 0 Å². The third-order valence-electron chi connectivity index (χ3n) is 1.98. The molecular formula is C11H13F2NO. The van der Waals surface area contributed by atoms with Crippen LogP contribution in [-0.4, -0.2) is 11.7 Å². The molecule has 15 heavy (non-hydrogen) atoms. The summed E-state index contributed by atoms with van der Waals surface area (Å²) < 4.78 is 25.0. The predicted molar refractivity (Wildman–Crippen MR) is 55.9 cm³/mol. The number of halogens is 2. The first-order valence-corrected chi connectivity index (χ1v) is 4.54. The van der Waals surface area contributed by atoms with Crippen LogP contribution in [0.1, 0.15) is 23.1 Å². The second-order valence-corrected chi connectivity index (χ2v) is 3.23. The zero-order valence-corrected chi connectivity index (χ0v) is 8.37. The number of nitrogens with two attached hydrogens (primary N) is 1. The van der Waals surface area contributed by atoms with Gasteiger partial charge < -0.3 is 10.8 Å². The van der Waals surface area contributed by atoms with Gasteiger partial charge in [-0.3, -0.25) is 0 Å². The van der Waals surface area contributed by atoms with Gasteiger partial charge in [0.05, 0.1) is 5.56 Å². The van der Waals surface area contributed by atoms with Gasteiger partial charge in [0.1, 0.15) is 5.75 Å². The summed E-state index contributed by atoms with van der Waals surface area (Å²) >= 11 is 0. The number of hydrogen-bond donors (Lipinski definition) is 2. The first-order chi connectivity index (χ1) is 7.06. The van der Waals surface area contributed by atoms with Gasteiger partial charge in [-0.25, -0.2) is 8.78 Å². The Kier molecular flexibility index (Phi) is 3.80. The quantitative estimate of drug-likeness (QED) is 0.810. The average Bonchev–Trinajstić information content (AvgIpc) is 2.18. The van der Waals surface area contributed by atoms with Crippen molar-refractivity contribution in [2.45, 2.75) is 13.3 Å². The van der Waals surface area contributed by atoms with Gasteiger partial charge in [-0.05, 0) is 24.6 Å². The normalized spacial score (nSPS) is 11.5. The molecule has 1 aromatic rings. The Labute approximate surface area is 87.0 Å². The van der Waals surface area contributed by atoms with E-state index < -0.39 is 6.43 Å². The Balaban J connectivity index is 3.22. The summed E-state index contributed by atoms with van der Waals surface area (Å²) in [5.41, 5.74) is 5.96. The minimum absolute atomic E-state index is 0.303. The van der Waals surface area contributed by atoms with Crippen molar-refractivity contribution < 1.29 is 13.9 Å². The molecule has 0 saturated heterocycles. The lowest BCUT2D eigenvalue weighted by atomic mass is 10.0. The molecule has 0 aliphatic heterocycles. The maximum atomic E-state index is 12.5. The Hall–Kier alpha value is -1.42. The van der Waals surface area contributed by atoms with Crippen molar-refractivity contribution in [1.82, 2.24) is 0 Å². The van der Waals surface area contributed by atoms with Crippen molar-refractivity contribution in [2.75, 3.05) is 6.54 Å². The van der Waals surface area contributed by atoms with Crippen LogP contribution in [-0.2, 0) is 0 Å². The number of alkyl halides is 2. The number of aryl methyl sites for hydroxylation is 1. The maximum absolute atomic E-state index is 12.5. The van der Waals surface area contributed by atoms with E-state index in [-0.39, 0.29) is 11.3 Å². The minimum atomic E-state index is -2.67. The highest BCUT2D eigenvalue weighted by molar-refractivity contribution is 5.61. The van der Waals surface area contributed by atoms with Gasteiger partial charge in [0, 0.05) is 12.1 Å². The van der Waals surface area contributed by atoms with E-state index in [0.717, 1.165) is 0 Å². The van der Waals surface area contributed by atoms with E-state index >= 15 is 0 Å². The molecule has 0 aliphatic carbocycles. The van der Waals surface area contributed by atoms with Crippen molar-refractivity contribution in [2.24, 2.45) is 5.73 Å². The van der Waals surface area contributed by atoms with E-state index in [9.17, 15) is 13.9 Å². The molecule has 0 fully saturated rings. The summed E-state index contributed by atoms with van der Waals surface area (Å²) in [6, 6.07) is 2.91. The van der Waals surface area contributed by atoms with E-state index in [4.69, 9.17) is 5.73 Å². The molecule has 4 heteroatoms. The monoisotopic (exact) mass is 213 g/mol. The smallest absolute Gasteiger partial charge is 0.267 e. The summed E-state index contributed by atoms with van der Waals surface area (Å²) in [4.78, 5) is 0. The first-order valence-electron chi connectivity index (χ1n) is 4.54. The van der Waals surface area contributed by atoms with Gasteiger partial charge in [0.2, 0.25) is 0 Å². The third kappa shape index (κ3) is 2.76. The number of phenolic OH excluding ortho intramolecular Hbond substituents is 1. The van der Waals surface area contributed by atoms with Crippen molar-refractivity contribution in [3.8, 4) is 5.75 Å². The molecule has 0 radical (unpaired) electrons. The number of rotatable bonds is 3. The van der Waals surface area contributed by atoms with Gasteiger partial charge in [0.15, 0.2) is 0 Å². The maximum Gasteiger partial charge on any atom is 0.267 e. The lowest BCUT2D eigenvalue weighted by Crippen LogP contribution is -1.93. The fourth-order valence-electron chi connectivity index (χ4n) is 1.32. The Morgan fingerprint density at radius 2 is 2.13 bits per heavy atom. The molecule has 0 spiro atoms. The summed E-state index contributed by atoms with van der Waals surface area (Å²) in [5, 5.41) is 9.54. The van der Waals surface area contributed by atoms with Crippen LogP contribution in [0.25, 0.3) is 6.08 Å². The summed E-state index contributed by atoms with van der Waals surface area (Å²) in [5.74, 6) is -0.375. The molecule has 0 unspecified atom stereocenters. The van der Waals surface area contributed by atoms with Crippen LogP contribution < -0.4 is 5.73 Å². The van der Waals surface area contributed by atoms with Crippen LogP contribution in [0.4, 0.5) is 8.78 Å². The molecule has 0 amide bonds. The molecule has 1 rings (SSSR count). The molecule has 0 saturated carbocycles. The van der Waals surface area contributed by atoms with Gasteiger partial charge in [-0.2, -0.15) is 0 Å². The lowest BCUT2D eigenvalue weighted by Gasteiger charge is -2.08. The fraction of sp³-hybridized carbons (Fsp3) is 0.273. The Morgan fingerprint density at radius 3 is 2.67 bits per heavy atom. The highest BCUT2D eigenvalue weighted by atomic mass is 19.3. The summed E-state index contributed by atoms with van der Waals surface area (Å²) in [6.45, 7) is 2.00. The van der Waals surface area contributed by atoms with E-state index in [2.05, 4.69) is 0 Å². The van der Waals surface area contributed by atoms with Gasteiger partial charge in [-0.1, -0.05) is 12.2 Å². The van der Waals surface area contributed by atoms with Crippen LogP contribution >= 0.6 is 0 Å². The third-order valence-corrected chi connectivity index (χ3v) is 1.98. The molecule has 0 bridgehead atoms. The molecule has 0 aromatic heterocycles. The largest absolute Gasteiger partial charge is 0.507 e. The SMILES string of the molecule is Cc1cc(/C=C/CN)c(O)c(C(F)F)c1. The minimum Gasteiger partial charge on any atom is -0.507 e. The molecule has 0 aliphatic rings. The molecular weight excluding hydrogens is 200 g/mol. The molecule has 0 atom stereocenters. The molecule has 2 nitrogen and oxygen atoms in total. The van der Waals surface area contributed by atoms with Crippen LogP contribution in [0, 0.1) is 6.92 Å². The van der Waals surface area contributed by atoms with Crippen molar-refractivity contribution in [3.05, 3.63) is 34.9 Å². The Bertz CT molecular complexity index is 375. The number of aromatic hydroxyl groups is 1. The average molecular weight is 213 g/mol. The van der Waals surface area contributed by atoms with E-state index in [1.807, 2.05) is 0 Å². The van der Waals surface area contributed by atoms with Gasteiger partial charge in [0.25, 0.3) is 6.43 Å². The zero-order valence-electron chi connectivity index (χ0n) is 8.37. The van der Waals surface area contributed by atoms with Crippen molar-refractivity contribution in [1.29, 1.82) is 0 Å². The molecule has 0 heterocycles. The Morgan fingerprint density at radius 1 is 1.47 bits per heavy atom. The van der Waals surface area contributed by atoms with Crippen molar-refractivity contribution in [3.63, 3.8) is 0 Å².